The number of hydrogen-bond acceptors (Lipinski definition) is 4. The largest absolute Gasteiger partial charge is 0.493 e. The van der Waals surface area contributed by atoms with Gasteiger partial charge in [-0.25, -0.2) is 4.99 Å². The Morgan fingerprint density at radius 2 is 1.93 bits per heavy atom. The maximum Gasteiger partial charge on any atom is 0.161 e. The lowest BCUT2D eigenvalue weighted by atomic mass is 10.1. The van der Waals surface area contributed by atoms with E-state index in [4.69, 9.17) is 9.47 Å². The van der Waals surface area contributed by atoms with Gasteiger partial charge in [-0.1, -0.05) is 6.07 Å². The summed E-state index contributed by atoms with van der Waals surface area (Å²) in [6.45, 7) is 1.94. The number of ether oxygens (including phenoxy) is 2. The molecule has 0 saturated carbocycles. The van der Waals surface area contributed by atoms with Crippen LogP contribution in [0.1, 0.15) is 18.5 Å². The van der Waals surface area contributed by atoms with Crippen LogP contribution in [0.4, 0.5) is 0 Å². The molecule has 0 spiro atoms. The first-order valence-corrected chi connectivity index (χ1v) is 4.92. The van der Waals surface area contributed by atoms with Gasteiger partial charge in [0.15, 0.2) is 11.5 Å². The smallest absolute Gasteiger partial charge is 0.161 e. The highest BCUT2D eigenvalue weighted by atomic mass is 32.1. The van der Waals surface area contributed by atoms with Gasteiger partial charge in [-0.2, -0.15) is 0 Å². The first kappa shape index (κ1) is 11.7. The van der Waals surface area contributed by atoms with Gasteiger partial charge in [0.1, 0.15) is 0 Å². The van der Waals surface area contributed by atoms with Gasteiger partial charge in [0.2, 0.25) is 0 Å². The molecule has 0 saturated heterocycles. The minimum atomic E-state index is -0.0118. The van der Waals surface area contributed by atoms with Crippen molar-refractivity contribution in [3.8, 4) is 11.5 Å². The van der Waals surface area contributed by atoms with Crippen LogP contribution in [0.2, 0.25) is 0 Å². The third kappa shape index (κ3) is 2.78. The number of nitrogens with zero attached hydrogens (tertiary/aromatic N) is 1. The van der Waals surface area contributed by atoms with Crippen molar-refractivity contribution >= 4 is 17.4 Å². The first-order valence-electron chi connectivity index (χ1n) is 4.51. The summed E-state index contributed by atoms with van der Waals surface area (Å²) in [5, 5.41) is 2.37. The molecule has 4 heteroatoms. The minimum Gasteiger partial charge on any atom is -0.493 e. The van der Waals surface area contributed by atoms with Crippen LogP contribution in [0, 0.1) is 0 Å². The highest BCUT2D eigenvalue weighted by Crippen LogP contribution is 2.30. The molecule has 0 N–H and O–H groups in total. The number of rotatable bonds is 4. The number of thiocarbonyl (C=S) groups is 1. The molecule has 0 bridgehead atoms. The molecule has 1 aromatic carbocycles. The van der Waals surface area contributed by atoms with Crippen molar-refractivity contribution in [3.05, 3.63) is 23.8 Å². The van der Waals surface area contributed by atoms with E-state index < -0.39 is 0 Å². The summed E-state index contributed by atoms with van der Waals surface area (Å²) in [4.78, 5) is 3.99. The van der Waals surface area contributed by atoms with E-state index in [9.17, 15) is 0 Å². The molecule has 1 unspecified atom stereocenters. The minimum absolute atomic E-state index is 0.0118. The average molecular weight is 223 g/mol. The lowest BCUT2D eigenvalue weighted by Gasteiger charge is -2.10. The van der Waals surface area contributed by atoms with Crippen LogP contribution in [-0.4, -0.2) is 19.4 Å². The summed E-state index contributed by atoms with van der Waals surface area (Å²) < 4.78 is 10.3. The Kier molecular flexibility index (Phi) is 4.28. The number of methoxy groups -OCH3 is 2. The Morgan fingerprint density at radius 1 is 1.27 bits per heavy atom. The molecule has 0 radical (unpaired) electrons. The molecule has 1 atom stereocenters. The number of aliphatic imine (C=N–C) groups is 1. The molecule has 0 aromatic heterocycles. The Balaban J connectivity index is 3.07. The average Bonchev–Trinajstić information content (AvgIpc) is 2.28. The Hall–Kier alpha value is -1.38. The zero-order chi connectivity index (χ0) is 11.3. The number of hydrogen-bond donors (Lipinski definition) is 0. The van der Waals surface area contributed by atoms with Crippen LogP contribution in [0.25, 0.3) is 0 Å². The molecular weight excluding hydrogens is 210 g/mol. The molecule has 80 valence electrons. The Bertz CT molecular complexity index is 386. The molecule has 0 aliphatic rings. The second-order valence-corrected chi connectivity index (χ2v) is 3.19. The summed E-state index contributed by atoms with van der Waals surface area (Å²) >= 11 is 4.57. The van der Waals surface area contributed by atoms with Crippen molar-refractivity contribution in [1.29, 1.82) is 0 Å². The van der Waals surface area contributed by atoms with E-state index in [1.807, 2.05) is 25.1 Å². The number of isothiocyanates is 1. The summed E-state index contributed by atoms with van der Waals surface area (Å²) in [6.07, 6.45) is 0. The third-order valence-electron chi connectivity index (χ3n) is 2.14. The van der Waals surface area contributed by atoms with E-state index in [-0.39, 0.29) is 6.04 Å². The van der Waals surface area contributed by atoms with E-state index in [2.05, 4.69) is 22.4 Å². The van der Waals surface area contributed by atoms with Gasteiger partial charge in [0.05, 0.1) is 25.4 Å². The van der Waals surface area contributed by atoms with Crippen molar-refractivity contribution < 1.29 is 9.47 Å². The zero-order valence-corrected chi connectivity index (χ0v) is 9.80. The Morgan fingerprint density at radius 3 is 2.47 bits per heavy atom. The number of benzene rings is 1. The quantitative estimate of drug-likeness (QED) is 0.581. The fourth-order valence-electron chi connectivity index (χ4n) is 1.27. The fourth-order valence-corrected chi connectivity index (χ4v) is 1.42. The summed E-state index contributed by atoms with van der Waals surface area (Å²) in [5.74, 6) is 1.40. The molecular formula is C11H13NO2S. The molecule has 1 aromatic rings. The summed E-state index contributed by atoms with van der Waals surface area (Å²) in [5.41, 5.74) is 1.02. The van der Waals surface area contributed by atoms with E-state index >= 15 is 0 Å². The highest BCUT2D eigenvalue weighted by molar-refractivity contribution is 7.78. The molecule has 1 rings (SSSR count). The van der Waals surface area contributed by atoms with Gasteiger partial charge in [-0.3, -0.25) is 0 Å². The van der Waals surface area contributed by atoms with Crippen molar-refractivity contribution in [3.63, 3.8) is 0 Å². The van der Waals surface area contributed by atoms with Crippen LogP contribution in [0.5, 0.6) is 11.5 Å². The molecule has 0 amide bonds. The normalized spacial score (nSPS) is 11.4. The Labute approximate surface area is 94.7 Å². The van der Waals surface area contributed by atoms with Gasteiger partial charge < -0.3 is 9.47 Å². The van der Waals surface area contributed by atoms with Crippen molar-refractivity contribution in [1.82, 2.24) is 0 Å². The predicted molar refractivity (Wildman–Crippen MR) is 63.0 cm³/mol. The molecule has 0 fully saturated rings. The van der Waals surface area contributed by atoms with Crippen molar-refractivity contribution in [2.45, 2.75) is 13.0 Å². The van der Waals surface area contributed by atoms with Crippen LogP contribution >= 0.6 is 12.2 Å². The maximum absolute atomic E-state index is 5.19. The van der Waals surface area contributed by atoms with Crippen LogP contribution in [0.15, 0.2) is 23.2 Å². The molecule has 0 heterocycles. The van der Waals surface area contributed by atoms with E-state index in [0.717, 1.165) is 5.56 Å². The van der Waals surface area contributed by atoms with Crippen LogP contribution < -0.4 is 9.47 Å². The van der Waals surface area contributed by atoms with E-state index in [0.29, 0.717) is 11.5 Å². The lowest BCUT2D eigenvalue weighted by Crippen LogP contribution is -1.94. The molecule has 15 heavy (non-hydrogen) atoms. The van der Waals surface area contributed by atoms with E-state index in [1.165, 1.54) is 0 Å². The first-order chi connectivity index (χ1) is 7.22. The van der Waals surface area contributed by atoms with Crippen LogP contribution in [-0.2, 0) is 0 Å². The van der Waals surface area contributed by atoms with Gasteiger partial charge in [0, 0.05) is 0 Å². The van der Waals surface area contributed by atoms with Crippen molar-refractivity contribution in [2.24, 2.45) is 4.99 Å². The van der Waals surface area contributed by atoms with Crippen molar-refractivity contribution in [2.75, 3.05) is 14.2 Å². The van der Waals surface area contributed by atoms with Gasteiger partial charge in [-0.05, 0) is 36.8 Å². The topological polar surface area (TPSA) is 30.8 Å². The summed E-state index contributed by atoms with van der Waals surface area (Å²) in [7, 11) is 3.21. The maximum atomic E-state index is 5.19. The van der Waals surface area contributed by atoms with Gasteiger partial charge in [0.25, 0.3) is 0 Å². The molecule has 3 nitrogen and oxygen atoms in total. The van der Waals surface area contributed by atoms with E-state index in [1.54, 1.807) is 14.2 Å². The standard InChI is InChI=1S/C11H13NO2S/c1-8(12-7-15)9-4-5-10(13-2)11(6-9)14-3/h4-6,8H,1-3H3. The zero-order valence-electron chi connectivity index (χ0n) is 8.98. The predicted octanol–water partition coefficient (Wildman–Crippen LogP) is 2.87. The van der Waals surface area contributed by atoms with Gasteiger partial charge >= 0.3 is 0 Å². The second kappa shape index (κ2) is 5.49. The SMILES string of the molecule is COc1ccc(C(C)N=C=S)cc1OC. The fraction of sp³-hybridized carbons (Fsp3) is 0.364. The van der Waals surface area contributed by atoms with Crippen LogP contribution in [0.3, 0.4) is 0 Å². The lowest BCUT2D eigenvalue weighted by molar-refractivity contribution is 0.354. The monoisotopic (exact) mass is 223 g/mol. The van der Waals surface area contributed by atoms with Gasteiger partial charge in [-0.15, -0.1) is 0 Å². The summed E-state index contributed by atoms with van der Waals surface area (Å²) in [6, 6.07) is 5.66. The molecule has 0 aliphatic heterocycles. The third-order valence-corrected chi connectivity index (χ3v) is 2.24. The highest BCUT2D eigenvalue weighted by Gasteiger charge is 2.08. The molecule has 0 aliphatic carbocycles. The second-order valence-electron chi connectivity index (χ2n) is 3.01.